The molecule has 1 fully saturated rings. The lowest BCUT2D eigenvalue weighted by Crippen LogP contribution is -2.40. The maximum atomic E-state index is 13.4. The van der Waals surface area contributed by atoms with E-state index in [1.165, 1.54) is 6.42 Å². The van der Waals surface area contributed by atoms with Gasteiger partial charge in [0.05, 0.1) is 11.1 Å². The summed E-state index contributed by atoms with van der Waals surface area (Å²) in [6.07, 6.45) is 5.13. The molecule has 0 aliphatic heterocycles. The highest BCUT2D eigenvalue weighted by atomic mass is 16.5. The second-order valence-corrected chi connectivity index (χ2v) is 9.32. The minimum absolute atomic E-state index is 0.135. The topological polar surface area (TPSA) is 68.3 Å². The number of fused-ring (bicyclic) bond motifs is 1. The van der Waals surface area contributed by atoms with Crippen molar-refractivity contribution in [2.45, 2.75) is 64.5 Å². The maximum absolute atomic E-state index is 13.4. The number of carbonyl (C=O) groups is 2. The predicted octanol–water partition coefficient (Wildman–Crippen LogP) is 5.78. The minimum atomic E-state index is -0.999. The number of nitrogens with zero attached hydrogens (tertiary/aromatic N) is 1. The molecule has 1 saturated carbocycles. The number of benzene rings is 2. The SMILES string of the molecule is CC(C)Cc1cc(C(=O)OC(C(=O)NC2CCCCC2)c2ccccc2)c2ccccc2n1. The fraction of sp³-hybridized carbons (Fsp3) is 0.393. The van der Waals surface area contributed by atoms with Crippen molar-refractivity contribution in [2.75, 3.05) is 0 Å². The predicted molar refractivity (Wildman–Crippen MR) is 130 cm³/mol. The van der Waals surface area contributed by atoms with Gasteiger partial charge in [-0.2, -0.15) is 0 Å². The van der Waals surface area contributed by atoms with E-state index in [4.69, 9.17) is 9.72 Å². The van der Waals surface area contributed by atoms with Crippen LogP contribution in [0.5, 0.6) is 0 Å². The average Bonchev–Trinajstić information content (AvgIpc) is 2.82. The van der Waals surface area contributed by atoms with Gasteiger partial charge in [-0.15, -0.1) is 0 Å². The standard InChI is InChI=1S/C28H32N2O3/c1-19(2)17-22-18-24(23-15-9-10-16-25(23)29-22)28(32)33-26(20-11-5-3-6-12-20)27(31)30-21-13-7-4-8-14-21/h3,5-6,9-12,15-16,18-19,21,26H,4,7-8,13-14,17H2,1-2H3,(H,30,31). The van der Waals surface area contributed by atoms with Crippen molar-refractivity contribution in [2.24, 2.45) is 5.92 Å². The highest BCUT2D eigenvalue weighted by Gasteiger charge is 2.29. The van der Waals surface area contributed by atoms with Gasteiger partial charge >= 0.3 is 5.97 Å². The highest BCUT2D eigenvalue weighted by molar-refractivity contribution is 6.04. The first-order chi connectivity index (χ1) is 16.0. The molecule has 33 heavy (non-hydrogen) atoms. The van der Waals surface area contributed by atoms with Crippen LogP contribution in [0.1, 0.15) is 73.7 Å². The number of nitrogens with one attached hydrogen (secondary N) is 1. The Labute approximate surface area is 195 Å². The van der Waals surface area contributed by atoms with Crippen LogP contribution in [0.3, 0.4) is 0 Å². The molecule has 1 N–H and O–H groups in total. The first kappa shape index (κ1) is 23.0. The third kappa shape index (κ3) is 5.78. The Balaban J connectivity index is 1.64. The molecule has 1 unspecified atom stereocenters. The summed E-state index contributed by atoms with van der Waals surface area (Å²) in [5.74, 6) is -0.366. The first-order valence-corrected chi connectivity index (χ1v) is 12.0. The van der Waals surface area contributed by atoms with Crippen molar-refractivity contribution in [3.8, 4) is 0 Å². The van der Waals surface area contributed by atoms with Crippen LogP contribution in [0.25, 0.3) is 10.9 Å². The van der Waals surface area contributed by atoms with Gasteiger partial charge in [-0.1, -0.05) is 81.6 Å². The normalized spacial score (nSPS) is 15.4. The lowest BCUT2D eigenvalue weighted by Gasteiger charge is -2.26. The number of para-hydroxylation sites is 1. The summed E-state index contributed by atoms with van der Waals surface area (Å²) < 4.78 is 5.92. The van der Waals surface area contributed by atoms with E-state index < -0.39 is 12.1 Å². The van der Waals surface area contributed by atoms with Gasteiger partial charge in [0.2, 0.25) is 6.10 Å². The minimum Gasteiger partial charge on any atom is -0.444 e. The maximum Gasteiger partial charge on any atom is 0.340 e. The molecule has 1 aliphatic carbocycles. The van der Waals surface area contributed by atoms with Crippen molar-refractivity contribution in [1.82, 2.24) is 10.3 Å². The number of esters is 1. The van der Waals surface area contributed by atoms with Crippen LogP contribution in [0.4, 0.5) is 0 Å². The second kappa shape index (κ2) is 10.6. The summed E-state index contributed by atoms with van der Waals surface area (Å²) in [5.41, 5.74) is 2.71. The summed E-state index contributed by atoms with van der Waals surface area (Å²) in [6.45, 7) is 4.24. The Morgan fingerprint density at radius 1 is 1.00 bits per heavy atom. The summed E-state index contributed by atoms with van der Waals surface area (Å²) in [4.78, 5) is 31.4. The van der Waals surface area contributed by atoms with E-state index in [0.29, 0.717) is 17.0 Å². The van der Waals surface area contributed by atoms with Crippen LogP contribution >= 0.6 is 0 Å². The van der Waals surface area contributed by atoms with Gasteiger partial charge in [0.25, 0.3) is 5.91 Å². The molecule has 1 heterocycles. The third-order valence-corrected chi connectivity index (χ3v) is 6.12. The van der Waals surface area contributed by atoms with Crippen molar-refractivity contribution in [3.05, 3.63) is 77.5 Å². The number of rotatable bonds is 7. The third-order valence-electron chi connectivity index (χ3n) is 6.12. The van der Waals surface area contributed by atoms with Crippen LogP contribution in [-0.4, -0.2) is 22.9 Å². The molecule has 0 bridgehead atoms. The molecule has 0 saturated heterocycles. The van der Waals surface area contributed by atoms with E-state index in [9.17, 15) is 9.59 Å². The van der Waals surface area contributed by atoms with Crippen molar-refractivity contribution in [3.63, 3.8) is 0 Å². The van der Waals surface area contributed by atoms with E-state index in [2.05, 4.69) is 19.2 Å². The van der Waals surface area contributed by atoms with E-state index in [1.807, 2.05) is 60.7 Å². The number of carbonyl (C=O) groups excluding carboxylic acids is 2. The molecule has 1 aromatic heterocycles. The molecule has 1 amide bonds. The second-order valence-electron chi connectivity index (χ2n) is 9.32. The lowest BCUT2D eigenvalue weighted by atomic mass is 9.95. The van der Waals surface area contributed by atoms with Gasteiger partial charge in [0.1, 0.15) is 0 Å². The first-order valence-electron chi connectivity index (χ1n) is 12.0. The molecule has 0 radical (unpaired) electrons. The van der Waals surface area contributed by atoms with Gasteiger partial charge in [0.15, 0.2) is 0 Å². The van der Waals surface area contributed by atoms with Crippen molar-refractivity contribution < 1.29 is 14.3 Å². The molecule has 3 aromatic rings. The summed E-state index contributed by atoms with van der Waals surface area (Å²) in [7, 11) is 0. The summed E-state index contributed by atoms with van der Waals surface area (Å²) in [6, 6.07) is 18.8. The number of hydrogen-bond donors (Lipinski definition) is 1. The van der Waals surface area contributed by atoms with Gasteiger partial charge < -0.3 is 10.1 Å². The lowest BCUT2D eigenvalue weighted by molar-refractivity contribution is -0.131. The van der Waals surface area contributed by atoms with E-state index >= 15 is 0 Å². The molecule has 2 aromatic carbocycles. The molecule has 1 aliphatic rings. The van der Waals surface area contributed by atoms with Crippen LogP contribution in [0, 0.1) is 5.92 Å². The molecule has 5 heteroatoms. The van der Waals surface area contributed by atoms with E-state index in [-0.39, 0.29) is 11.9 Å². The smallest absolute Gasteiger partial charge is 0.340 e. The Bertz CT molecular complexity index is 1100. The summed E-state index contributed by atoms with van der Waals surface area (Å²) >= 11 is 0. The quantitative estimate of drug-likeness (QED) is 0.469. The largest absolute Gasteiger partial charge is 0.444 e. The Hall–Kier alpha value is -3.21. The van der Waals surface area contributed by atoms with Gasteiger partial charge in [-0.05, 0) is 37.3 Å². The number of pyridine rings is 1. The van der Waals surface area contributed by atoms with Crippen molar-refractivity contribution in [1.29, 1.82) is 0 Å². The molecule has 4 rings (SSSR count). The Kier molecular flexibility index (Phi) is 7.38. The Morgan fingerprint density at radius 3 is 2.42 bits per heavy atom. The van der Waals surface area contributed by atoms with Gasteiger partial charge in [-0.25, -0.2) is 4.79 Å². The van der Waals surface area contributed by atoms with Crippen LogP contribution in [-0.2, 0) is 16.0 Å². The zero-order valence-corrected chi connectivity index (χ0v) is 19.4. The fourth-order valence-electron chi connectivity index (χ4n) is 4.52. The molecule has 1 atom stereocenters. The van der Waals surface area contributed by atoms with Crippen LogP contribution in [0.15, 0.2) is 60.7 Å². The van der Waals surface area contributed by atoms with Gasteiger partial charge in [0, 0.05) is 22.7 Å². The highest BCUT2D eigenvalue weighted by Crippen LogP contribution is 2.26. The molecule has 172 valence electrons. The van der Waals surface area contributed by atoms with E-state index in [0.717, 1.165) is 48.7 Å². The van der Waals surface area contributed by atoms with Crippen molar-refractivity contribution >= 4 is 22.8 Å². The number of amides is 1. The van der Waals surface area contributed by atoms with Crippen LogP contribution in [0.2, 0.25) is 0 Å². The number of hydrogen-bond acceptors (Lipinski definition) is 4. The monoisotopic (exact) mass is 444 g/mol. The number of aromatic nitrogens is 1. The molecular formula is C28H32N2O3. The van der Waals surface area contributed by atoms with Crippen LogP contribution < -0.4 is 5.32 Å². The fourth-order valence-corrected chi connectivity index (χ4v) is 4.52. The zero-order chi connectivity index (χ0) is 23.2. The Morgan fingerprint density at radius 2 is 1.70 bits per heavy atom. The van der Waals surface area contributed by atoms with Gasteiger partial charge in [-0.3, -0.25) is 9.78 Å². The zero-order valence-electron chi connectivity index (χ0n) is 19.4. The molecule has 0 spiro atoms. The molecule has 5 nitrogen and oxygen atoms in total. The molecular weight excluding hydrogens is 412 g/mol. The van der Waals surface area contributed by atoms with E-state index in [1.54, 1.807) is 0 Å². The summed E-state index contributed by atoms with van der Waals surface area (Å²) in [5, 5.41) is 3.85. The number of ether oxygens (including phenoxy) is 1. The average molecular weight is 445 g/mol.